The predicted molar refractivity (Wildman–Crippen MR) is 124 cm³/mol. The molecule has 0 radical (unpaired) electrons. The van der Waals surface area contributed by atoms with Crippen molar-refractivity contribution in [3.05, 3.63) is 23.5 Å². The Morgan fingerprint density at radius 3 is 2.13 bits per heavy atom. The first-order chi connectivity index (χ1) is 14.5. The predicted octanol–water partition coefficient (Wildman–Crippen LogP) is 4.03. The minimum Gasteiger partial charge on any atom is -0.477 e. The summed E-state index contributed by atoms with van der Waals surface area (Å²) < 4.78 is 15.8. The number of aromatic nitrogens is 4. The molecule has 2 aliphatic heterocycles. The molecule has 7 heteroatoms. The van der Waals surface area contributed by atoms with Crippen molar-refractivity contribution in [2.45, 2.75) is 84.7 Å². The third kappa shape index (κ3) is 5.62. The Morgan fingerprint density at radius 2 is 1.52 bits per heavy atom. The smallest absolute Gasteiger partial charge is 0.217 e. The van der Waals surface area contributed by atoms with Crippen molar-refractivity contribution >= 4 is 0 Å². The molecule has 7 nitrogen and oxygen atoms in total. The molecule has 2 aromatic heterocycles. The Morgan fingerprint density at radius 1 is 0.903 bits per heavy atom. The zero-order chi connectivity index (χ0) is 22.8. The van der Waals surface area contributed by atoms with E-state index in [0.717, 1.165) is 75.3 Å². The van der Waals surface area contributed by atoms with Gasteiger partial charge in [0, 0.05) is 36.9 Å². The maximum absolute atomic E-state index is 5.86. The number of nitrogens with zero attached hydrogens (tertiary/aromatic N) is 5. The van der Waals surface area contributed by atoms with E-state index >= 15 is 0 Å². The molecule has 0 spiro atoms. The van der Waals surface area contributed by atoms with Crippen LogP contribution in [0.2, 0.25) is 0 Å². The molecule has 0 atom stereocenters. The van der Waals surface area contributed by atoms with Gasteiger partial charge in [0.2, 0.25) is 11.8 Å². The second kappa shape index (κ2) is 9.23. The lowest BCUT2D eigenvalue weighted by Crippen LogP contribution is -2.20. The van der Waals surface area contributed by atoms with Gasteiger partial charge in [0.25, 0.3) is 0 Å². The topological polar surface area (TPSA) is 57.3 Å². The van der Waals surface area contributed by atoms with E-state index in [1.54, 1.807) is 0 Å². The molecule has 0 saturated carbocycles. The van der Waals surface area contributed by atoms with Crippen molar-refractivity contribution in [2.75, 3.05) is 33.9 Å². The number of hydrogen-bond donors (Lipinski definition) is 0. The van der Waals surface area contributed by atoms with Gasteiger partial charge in [0.1, 0.15) is 17.2 Å². The highest BCUT2D eigenvalue weighted by Crippen LogP contribution is 2.34. The normalized spacial score (nSPS) is 16.0. The molecule has 0 bridgehead atoms. The van der Waals surface area contributed by atoms with Crippen LogP contribution in [0.4, 0.5) is 0 Å². The van der Waals surface area contributed by atoms with Gasteiger partial charge in [-0.3, -0.25) is 4.57 Å². The van der Waals surface area contributed by atoms with Gasteiger partial charge < -0.3 is 18.9 Å². The molecule has 0 unspecified atom stereocenters. The number of likely N-dealkylation sites (N-methyl/N-ethyl adjacent to an activating group) is 1. The van der Waals surface area contributed by atoms with Crippen molar-refractivity contribution in [3.63, 3.8) is 0 Å². The van der Waals surface area contributed by atoms with Gasteiger partial charge in [-0.15, -0.1) is 0 Å². The molecule has 31 heavy (non-hydrogen) atoms. The average Bonchev–Trinajstić information content (AvgIpc) is 3.28. The number of aryl methyl sites for hydroxylation is 1. The summed E-state index contributed by atoms with van der Waals surface area (Å²) in [6, 6.07) is 0. The minimum absolute atomic E-state index is 0.0464. The largest absolute Gasteiger partial charge is 0.477 e. The first-order valence-electron chi connectivity index (χ1n) is 11.5. The molecule has 4 heterocycles. The molecule has 4 rings (SSSR count). The van der Waals surface area contributed by atoms with Crippen LogP contribution in [0, 0.1) is 0 Å². The molecule has 0 N–H and O–H groups in total. The molecule has 0 amide bonds. The van der Waals surface area contributed by atoms with Crippen LogP contribution in [0.15, 0.2) is 6.33 Å². The Labute approximate surface area is 187 Å². The zero-order valence-electron chi connectivity index (χ0n) is 20.8. The Bertz CT molecular complexity index is 868. The number of fused-ring (bicyclic) bond motifs is 2. The van der Waals surface area contributed by atoms with Crippen LogP contribution in [0.3, 0.4) is 0 Å². The van der Waals surface area contributed by atoms with Crippen LogP contribution in [-0.4, -0.2) is 57.9 Å². The van der Waals surface area contributed by atoms with E-state index in [-0.39, 0.29) is 10.8 Å². The summed E-state index contributed by atoms with van der Waals surface area (Å²) in [4.78, 5) is 11.4. The fourth-order valence-electron chi connectivity index (χ4n) is 3.85. The number of rotatable bonds is 3. The van der Waals surface area contributed by atoms with E-state index in [1.807, 2.05) is 6.33 Å². The molecule has 0 saturated heterocycles. The highest BCUT2D eigenvalue weighted by molar-refractivity contribution is 5.31. The Balaban J connectivity index is 0.000000185. The SMILES string of the molecule is CC(C)(C)c1ncn2c1OCCC2.CN(C)CCc1nc(C(C)(C)C)c2n1CCCO2. The summed E-state index contributed by atoms with van der Waals surface area (Å²) in [5.41, 5.74) is 2.31. The van der Waals surface area contributed by atoms with Crippen LogP contribution in [-0.2, 0) is 30.3 Å². The average molecular weight is 432 g/mol. The first-order valence-corrected chi connectivity index (χ1v) is 11.5. The van der Waals surface area contributed by atoms with E-state index in [0.29, 0.717) is 0 Å². The van der Waals surface area contributed by atoms with Gasteiger partial charge in [-0.25, -0.2) is 9.97 Å². The van der Waals surface area contributed by atoms with E-state index in [2.05, 4.69) is 74.7 Å². The highest BCUT2D eigenvalue weighted by atomic mass is 16.5. The van der Waals surface area contributed by atoms with Crippen molar-refractivity contribution in [1.29, 1.82) is 0 Å². The van der Waals surface area contributed by atoms with Crippen LogP contribution < -0.4 is 9.47 Å². The Kier molecular flexibility index (Phi) is 7.04. The molecule has 2 aromatic rings. The van der Waals surface area contributed by atoms with Gasteiger partial charge in [-0.1, -0.05) is 41.5 Å². The Hall–Kier alpha value is -2.02. The molecular formula is C24H41N5O2. The van der Waals surface area contributed by atoms with Crippen LogP contribution in [0.25, 0.3) is 0 Å². The van der Waals surface area contributed by atoms with Gasteiger partial charge in [0.05, 0.1) is 19.5 Å². The molecule has 0 aromatic carbocycles. The lowest BCUT2D eigenvalue weighted by Gasteiger charge is -2.22. The summed E-state index contributed by atoms with van der Waals surface area (Å²) in [7, 11) is 4.20. The van der Waals surface area contributed by atoms with Crippen molar-refractivity contribution < 1.29 is 9.47 Å². The van der Waals surface area contributed by atoms with E-state index < -0.39 is 0 Å². The maximum Gasteiger partial charge on any atom is 0.217 e. The third-order valence-corrected chi connectivity index (χ3v) is 5.54. The maximum atomic E-state index is 5.86. The quantitative estimate of drug-likeness (QED) is 0.734. The van der Waals surface area contributed by atoms with E-state index in [1.165, 1.54) is 5.82 Å². The van der Waals surface area contributed by atoms with E-state index in [4.69, 9.17) is 14.5 Å². The van der Waals surface area contributed by atoms with E-state index in [9.17, 15) is 0 Å². The van der Waals surface area contributed by atoms with Gasteiger partial charge >= 0.3 is 0 Å². The first kappa shape index (κ1) is 23.6. The fraction of sp³-hybridized carbons (Fsp3) is 0.750. The summed E-state index contributed by atoms with van der Waals surface area (Å²) in [6.07, 6.45) is 5.05. The lowest BCUT2D eigenvalue weighted by atomic mass is 9.92. The monoisotopic (exact) mass is 431 g/mol. The summed E-state index contributed by atoms with van der Waals surface area (Å²) in [5.74, 6) is 3.14. The molecule has 2 aliphatic rings. The third-order valence-electron chi connectivity index (χ3n) is 5.54. The molecular weight excluding hydrogens is 390 g/mol. The van der Waals surface area contributed by atoms with Crippen LogP contribution in [0.1, 0.15) is 71.6 Å². The second-order valence-corrected chi connectivity index (χ2v) is 10.9. The van der Waals surface area contributed by atoms with Crippen molar-refractivity contribution in [3.8, 4) is 11.8 Å². The van der Waals surface area contributed by atoms with Crippen molar-refractivity contribution in [2.24, 2.45) is 0 Å². The number of imidazole rings is 2. The van der Waals surface area contributed by atoms with Crippen LogP contribution >= 0.6 is 0 Å². The highest BCUT2D eigenvalue weighted by Gasteiger charge is 2.29. The van der Waals surface area contributed by atoms with Gasteiger partial charge in [-0.05, 0) is 26.9 Å². The molecule has 174 valence electrons. The lowest BCUT2D eigenvalue weighted by molar-refractivity contribution is 0.232. The fourth-order valence-corrected chi connectivity index (χ4v) is 3.85. The summed E-state index contributed by atoms with van der Waals surface area (Å²) in [6.45, 7) is 17.8. The van der Waals surface area contributed by atoms with Crippen LogP contribution in [0.5, 0.6) is 11.8 Å². The zero-order valence-corrected chi connectivity index (χ0v) is 20.8. The summed E-state index contributed by atoms with van der Waals surface area (Å²) in [5, 5.41) is 0. The summed E-state index contributed by atoms with van der Waals surface area (Å²) >= 11 is 0. The second-order valence-electron chi connectivity index (χ2n) is 10.9. The molecule has 0 aliphatic carbocycles. The van der Waals surface area contributed by atoms with Gasteiger partial charge in [-0.2, -0.15) is 0 Å². The van der Waals surface area contributed by atoms with Crippen molar-refractivity contribution in [1.82, 2.24) is 24.0 Å². The minimum atomic E-state index is 0.0464. The van der Waals surface area contributed by atoms with Gasteiger partial charge in [0.15, 0.2) is 0 Å². The standard InChI is InChI=1S/C14H25N3O.C10H16N2O/c1-14(2,3)12-13-17(8-6-10-18-13)11(15-12)7-9-16(4)5;1-10(2,3)8-9-12(7-11-8)5-4-6-13-9/h6-10H2,1-5H3;7H,4-6H2,1-3H3. The number of hydrogen-bond acceptors (Lipinski definition) is 5. The molecule has 0 fully saturated rings. The number of ether oxygens (including phenoxy) is 2.